The molecular formula is C17H19NOS. The third-order valence-corrected chi connectivity index (χ3v) is 3.71. The van der Waals surface area contributed by atoms with Gasteiger partial charge in [-0.3, -0.25) is 4.79 Å². The van der Waals surface area contributed by atoms with Crippen LogP contribution in [0.3, 0.4) is 0 Å². The highest BCUT2D eigenvalue weighted by atomic mass is 32.1. The molecule has 0 saturated carbocycles. The van der Waals surface area contributed by atoms with Crippen molar-refractivity contribution in [1.82, 2.24) is 0 Å². The lowest BCUT2D eigenvalue weighted by Crippen LogP contribution is -2.07. The number of hydrogen-bond donors (Lipinski definition) is 1. The lowest BCUT2D eigenvalue weighted by atomic mass is 10.1. The Kier molecular flexibility index (Phi) is 5.56. The van der Waals surface area contributed by atoms with Crippen LogP contribution < -0.4 is 5.32 Å². The van der Waals surface area contributed by atoms with E-state index in [1.807, 2.05) is 35.0 Å². The van der Waals surface area contributed by atoms with Gasteiger partial charge in [0.15, 0.2) is 0 Å². The number of anilines is 1. The number of amides is 1. The number of rotatable bonds is 6. The zero-order valence-corrected chi connectivity index (χ0v) is 12.5. The quantitative estimate of drug-likeness (QED) is 0.763. The van der Waals surface area contributed by atoms with Crippen molar-refractivity contribution in [3.05, 3.63) is 58.3 Å². The van der Waals surface area contributed by atoms with Crippen molar-refractivity contribution < 1.29 is 4.79 Å². The summed E-state index contributed by atoms with van der Waals surface area (Å²) in [5.74, 6) is -0.0995. The molecule has 1 heterocycles. The van der Waals surface area contributed by atoms with Gasteiger partial charge in [0.05, 0.1) is 0 Å². The number of benzene rings is 1. The third-order valence-electron chi connectivity index (χ3n) is 3.01. The zero-order chi connectivity index (χ0) is 14.2. The van der Waals surface area contributed by atoms with E-state index in [-0.39, 0.29) is 5.91 Å². The van der Waals surface area contributed by atoms with E-state index in [9.17, 15) is 4.79 Å². The molecule has 0 spiro atoms. The normalized spacial score (nSPS) is 10.8. The summed E-state index contributed by atoms with van der Waals surface area (Å²) in [6.07, 6.45) is 6.89. The summed E-state index contributed by atoms with van der Waals surface area (Å²) in [4.78, 5) is 11.8. The van der Waals surface area contributed by atoms with Gasteiger partial charge in [-0.25, -0.2) is 0 Å². The van der Waals surface area contributed by atoms with E-state index >= 15 is 0 Å². The van der Waals surface area contributed by atoms with Gasteiger partial charge in [-0.1, -0.05) is 25.5 Å². The van der Waals surface area contributed by atoms with Crippen LogP contribution in [0.25, 0.3) is 6.08 Å². The van der Waals surface area contributed by atoms with Gasteiger partial charge in [-0.05, 0) is 59.0 Å². The third kappa shape index (κ3) is 4.67. The lowest BCUT2D eigenvalue weighted by Gasteiger charge is -2.04. The summed E-state index contributed by atoms with van der Waals surface area (Å²) < 4.78 is 0. The topological polar surface area (TPSA) is 29.1 Å². The number of hydrogen-bond acceptors (Lipinski definition) is 2. The molecule has 20 heavy (non-hydrogen) atoms. The van der Waals surface area contributed by atoms with E-state index in [0.29, 0.717) is 0 Å². The van der Waals surface area contributed by atoms with Crippen LogP contribution >= 0.6 is 11.3 Å². The Labute approximate surface area is 124 Å². The Morgan fingerprint density at radius 2 is 2.05 bits per heavy atom. The van der Waals surface area contributed by atoms with E-state index in [1.165, 1.54) is 18.4 Å². The Balaban J connectivity index is 1.87. The van der Waals surface area contributed by atoms with Crippen LogP contribution in [0, 0.1) is 0 Å². The monoisotopic (exact) mass is 285 g/mol. The van der Waals surface area contributed by atoms with Gasteiger partial charge >= 0.3 is 0 Å². The number of thiophene rings is 1. The van der Waals surface area contributed by atoms with Gasteiger partial charge in [0.25, 0.3) is 0 Å². The fourth-order valence-corrected chi connectivity index (χ4v) is 2.49. The highest BCUT2D eigenvalue weighted by Gasteiger charge is 1.98. The number of nitrogens with one attached hydrogen (secondary N) is 1. The maximum atomic E-state index is 11.8. The minimum Gasteiger partial charge on any atom is -0.323 e. The first kappa shape index (κ1) is 14.5. The van der Waals surface area contributed by atoms with Crippen molar-refractivity contribution >= 4 is 29.0 Å². The Morgan fingerprint density at radius 1 is 1.25 bits per heavy atom. The zero-order valence-electron chi connectivity index (χ0n) is 11.6. The van der Waals surface area contributed by atoms with E-state index < -0.39 is 0 Å². The van der Waals surface area contributed by atoms with Crippen molar-refractivity contribution in [2.24, 2.45) is 0 Å². The largest absolute Gasteiger partial charge is 0.323 e. The Morgan fingerprint density at radius 3 is 2.70 bits per heavy atom. The van der Waals surface area contributed by atoms with Crippen LogP contribution in [-0.2, 0) is 11.2 Å². The van der Waals surface area contributed by atoms with Crippen LogP contribution in [0.4, 0.5) is 5.69 Å². The Hall–Kier alpha value is -1.87. The molecule has 0 unspecified atom stereocenters. The Bertz CT molecular complexity index is 555. The van der Waals surface area contributed by atoms with Crippen molar-refractivity contribution in [2.75, 3.05) is 5.32 Å². The van der Waals surface area contributed by atoms with Gasteiger partial charge in [-0.2, -0.15) is 11.3 Å². The summed E-state index contributed by atoms with van der Waals surface area (Å²) in [6, 6.07) is 10.1. The summed E-state index contributed by atoms with van der Waals surface area (Å²) in [7, 11) is 0. The van der Waals surface area contributed by atoms with Crippen molar-refractivity contribution in [1.29, 1.82) is 0 Å². The first-order valence-corrected chi connectivity index (χ1v) is 7.82. The SMILES string of the molecule is CCCCc1ccc(NC(=O)/C=C/c2ccsc2)cc1. The number of unbranched alkanes of at least 4 members (excludes halogenated alkanes) is 1. The predicted octanol–water partition coefficient (Wildman–Crippen LogP) is 4.74. The molecule has 1 aromatic carbocycles. The van der Waals surface area contributed by atoms with E-state index in [0.717, 1.165) is 17.7 Å². The van der Waals surface area contributed by atoms with E-state index in [1.54, 1.807) is 17.4 Å². The molecular weight excluding hydrogens is 266 g/mol. The van der Waals surface area contributed by atoms with Gasteiger partial charge in [0, 0.05) is 11.8 Å². The molecule has 2 nitrogen and oxygen atoms in total. The van der Waals surface area contributed by atoms with Gasteiger partial charge in [0.1, 0.15) is 0 Å². The summed E-state index contributed by atoms with van der Waals surface area (Å²) in [5, 5.41) is 6.86. The lowest BCUT2D eigenvalue weighted by molar-refractivity contribution is -0.111. The number of aryl methyl sites for hydroxylation is 1. The average Bonchev–Trinajstić information content (AvgIpc) is 2.98. The molecule has 0 bridgehead atoms. The molecule has 0 fully saturated rings. The van der Waals surface area contributed by atoms with Crippen molar-refractivity contribution in [2.45, 2.75) is 26.2 Å². The summed E-state index contributed by atoms with van der Waals surface area (Å²) in [5.41, 5.74) is 3.21. The van der Waals surface area contributed by atoms with Gasteiger partial charge in [0.2, 0.25) is 5.91 Å². The maximum absolute atomic E-state index is 11.8. The van der Waals surface area contributed by atoms with E-state index in [4.69, 9.17) is 0 Å². The minimum absolute atomic E-state index is 0.0995. The fraction of sp³-hybridized carbons (Fsp3) is 0.235. The highest BCUT2D eigenvalue weighted by molar-refractivity contribution is 7.08. The first-order valence-electron chi connectivity index (χ1n) is 6.88. The molecule has 2 rings (SSSR count). The van der Waals surface area contributed by atoms with Crippen LogP contribution in [0.5, 0.6) is 0 Å². The second-order valence-corrected chi connectivity index (χ2v) is 5.46. The molecule has 2 aromatic rings. The van der Waals surface area contributed by atoms with Crippen molar-refractivity contribution in [3.8, 4) is 0 Å². The molecule has 3 heteroatoms. The van der Waals surface area contributed by atoms with Gasteiger partial charge < -0.3 is 5.32 Å². The molecule has 0 aliphatic carbocycles. The van der Waals surface area contributed by atoms with E-state index in [2.05, 4.69) is 24.4 Å². The molecule has 0 aliphatic rings. The fourth-order valence-electron chi connectivity index (χ4n) is 1.86. The number of carbonyl (C=O) groups excluding carboxylic acids is 1. The molecule has 0 aliphatic heterocycles. The average molecular weight is 285 g/mol. The standard InChI is InChI=1S/C17H19NOS/c1-2-3-4-14-5-8-16(9-6-14)18-17(19)10-7-15-11-12-20-13-15/h5-13H,2-4H2,1H3,(H,18,19)/b10-7+. The maximum Gasteiger partial charge on any atom is 0.248 e. The van der Waals surface area contributed by atoms with Crippen LogP contribution in [0.15, 0.2) is 47.2 Å². The second kappa shape index (κ2) is 7.65. The molecule has 1 aromatic heterocycles. The van der Waals surface area contributed by atoms with Crippen molar-refractivity contribution in [3.63, 3.8) is 0 Å². The summed E-state index contributed by atoms with van der Waals surface area (Å²) in [6.45, 7) is 2.19. The summed E-state index contributed by atoms with van der Waals surface area (Å²) >= 11 is 1.62. The highest BCUT2D eigenvalue weighted by Crippen LogP contribution is 2.12. The molecule has 1 amide bonds. The predicted molar refractivity (Wildman–Crippen MR) is 87.0 cm³/mol. The molecule has 1 N–H and O–H groups in total. The number of carbonyl (C=O) groups is 1. The van der Waals surface area contributed by atoms with Crippen LogP contribution in [-0.4, -0.2) is 5.91 Å². The minimum atomic E-state index is -0.0995. The smallest absolute Gasteiger partial charge is 0.248 e. The second-order valence-electron chi connectivity index (χ2n) is 4.68. The van der Waals surface area contributed by atoms with Crippen LogP contribution in [0.1, 0.15) is 30.9 Å². The molecule has 0 radical (unpaired) electrons. The molecule has 0 saturated heterocycles. The van der Waals surface area contributed by atoms with Crippen LogP contribution in [0.2, 0.25) is 0 Å². The molecule has 0 atom stereocenters. The molecule has 104 valence electrons. The van der Waals surface area contributed by atoms with Gasteiger partial charge in [-0.15, -0.1) is 0 Å². The first-order chi connectivity index (χ1) is 9.78.